The first-order valence-corrected chi connectivity index (χ1v) is 7.94. The highest BCUT2D eigenvalue weighted by atomic mass is 32.2. The van der Waals surface area contributed by atoms with Gasteiger partial charge in [-0.25, -0.2) is 0 Å². The minimum absolute atomic E-state index is 0.0694. The number of hydrogen-bond donors (Lipinski definition) is 1. The fourth-order valence-corrected chi connectivity index (χ4v) is 3.62. The van der Waals surface area contributed by atoms with Gasteiger partial charge in [-0.2, -0.15) is 0 Å². The summed E-state index contributed by atoms with van der Waals surface area (Å²) in [5.74, 6) is 0.0694. The van der Waals surface area contributed by atoms with Crippen LogP contribution in [0.2, 0.25) is 0 Å². The van der Waals surface area contributed by atoms with E-state index in [1.165, 1.54) is 16.7 Å². The van der Waals surface area contributed by atoms with E-state index in [-0.39, 0.29) is 11.2 Å². The zero-order chi connectivity index (χ0) is 13.7. The number of aliphatic imine (C=N–C) groups is 1. The van der Waals surface area contributed by atoms with Crippen molar-refractivity contribution < 1.29 is 14.4 Å². The first-order valence-electron chi connectivity index (χ1n) is 6.65. The topological polar surface area (TPSA) is 46.3 Å². The number of quaternary nitrogens is 1. The Bertz CT molecular complexity index is 370. The highest BCUT2D eigenvalue weighted by molar-refractivity contribution is 8.24. The second-order valence-corrected chi connectivity index (χ2v) is 6.33. The molecule has 0 unspecified atom stereocenters. The van der Waals surface area contributed by atoms with Gasteiger partial charge in [-0.15, -0.1) is 0 Å². The Labute approximate surface area is 123 Å². The van der Waals surface area contributed by atoms with E-state index in [1.54, 1.807) is 11.1 Å². The number of hydrogen-bond acceptors (Lipinski definition) is 5. The molecule has 2 aliphatic heterocycles. The minimum atomic E-state index is -0.216. The van der Waals surface area contributed by atoms with Gasteiger partial charge in [-0.05, 0) is 6.92 Å². The quantitative estimate of drug-likeness (QED) is 0.535. The van der Waals surface area contributed by atoms with Crippen LogP contribution >= 0.6 is 24.0 Å². The number of thiocarbonyl (C=S) groups is 1. The standard InChI is InChI=1S/C12H19N3O2S2/c1-2-15-11(16)10(19-12(15)18)9-13-3-4-14-5-7-17-8-6-14/h9-10H,2-8H2,1H3/p+1/t10-/m1/s1. The molecule has 0 bridgehead atoms. The molecule has 0 aromatic heterocycles. The number of carbonyl (C=O) groups is 1. The van der Waals surface area contributed by atoms with Gasteiger partial charge in [0, 0.05) is 12.8 Å². The minimum Gasteiger partial charge on any atom is -0.370 e. The maximum Gasteiger partial charge on any atom is 0.247 e. The third kappa shape index (κ3) is 3.98. The molecule has 1 amide bonds. The summed E-state index contributed by atoms with van der Waals surface area (Å²) in [6, 6.07) is 0. The van der Waals surface area contributed by atoms with Crippen molar-refractivity contribution in [3.63, 3.8) is 0 Å². The van der Waals surface area contributed by atoms with Crippen LogP contribution in [0.5, 0.6) is 0 Å². The number of carbonyl (C=O) groups excluding carboxylic acids is 1. The highest BCUT2D eigenvalue weighted by Crippen LogP contribution is 2.25. The van der Waals surface area contributed by atoms with Crippen molar-refractivity contribution in [3.8, 4) is 0 Å². The molecule has 0 aromatic rings. The number of ether oxygens (including phenoxy) is 1. The molecule has 0 radical (unpaired) electrons. The van der Waals surface area contributed by atoms with E-state index in [1.807, 2.05) is 6.92 Å². The Balaban J connectivity index is 1.73. The van der Waals surface area contributed by atoms with E-state index >= 15 is 0 Å². The third-order valence-corrected chi connectivity index (χ3v) is 4.82. The summed E-state index contributed by atoms with van der Waals surface area (Å²) in [7, 11) is 0. The lowest BCUT2D eigenvalue weighted by Crippen LogP contribution is -3.14. The van der Waals surface area contributed by atoms with Crippen LogP contribution in [0, 0.1) is 0 Å². The van der Waals surface area contributed by atoms with Crippen LogP contribution in [-0.2, 0) is 9.53 Å². The van der Waals surface area contributed by atoms with Crippen LogP contribution in [0.25, 0.3) is 0 Å². The molecule has 2 fully saturated rings. The van der Waals surface area contributed by atoms with E-state index in [0.29, 0.717) is 10.9 Å². The molecule has 0 aromatic carbocycles. The Kier molecular flexibility index (Phi) is 5.75. The fraction of sp³-hybridized carbons (Fsp3) is 0.750. The van der Waals surface area contributed by atoms with Crippen LogP contribution in [0.15, 0.2) is 4.99 Å². The first-order chi connectivity index (χ1) is 9.22. The maximum atomic E-state index is 11.9. The monoisotopic (exact) mass is 302 g/mol. The Hall–Kier alpha value is -0.500. The van der Waals surface area contributed by atoms with Crippen molar-refractivity contribution in [1.29, 1.82) is 0 Å². The normalized spacial score (nSPS) is 25.7. The Morgan fingerprint density at radius 2 is 2.32 bits per heavy atom. The van der Waals surface area contributed by atoms with Crippen LogP contribution in [-0.4, -0.2) is 72.5 Å². The number of rotatable bonds is 5. The van der Waals surface area contributed by atoms with Gasteiger partial charge in [0.2, 0.25) is 5.91 Å². The lowest BCUT2D eigenvalue weighted by atomic mass is 10.4. The molecule has 1 N–H and O–H groups in total. The zero-order valence-electron chi connectivity index (χ0n) is 11.1. The Morgan fingerprint density at radius 3 is 2.95 bits per heavy atom. The molecule has 5 nitrogen and oxygen atoms in total. The van der Waals surface area contributed by atoms with Gasteiger partial charge in [0.05, 0.1) is 26.3 Å². The molecule has 2 aliphatic rings. The molecule has 2 saturated heterocycles. The van der Waals surface area contributed by atoms with Crippen LogP contribution in [0.3, 0.4) is 0 Å². The van der Waals surface area contributed by atoms with E-state index in [9.17, 15) is 4.79 Å². The number of amides is 1. The molecule has 2 heterocycles. The van der Waals surface area contributed by atoms with E-state index in [4.69, 9.17) is 17.0 Å². The first kappa shape index (κ1) is 14.9. The SMILES string of the molecule is CCN1C(=O)[C@@H](C=NCC[NH+]2CCOCC2)SC1=S. The molecule has 0 spiro atoms. The second-order valence-electron chi connectivity index (χ2n) is 4.55. The van der Waals surface area contributed by atoms with Crippen molar-refractivity contribution in [2.75, 3.05) is 45.9 Å². The van der Waals surface area contributed by atoms with Gasteiger partial charge < -0.3 is 9.64 Å². The summed E-state index contributed by atoms with van der Waals surface area (Å²) in [6.07, 6.45) is 1.76. The molecule has 2 rings (SSSR count). The van der Waals surface area contributed by atoms with E-state index < -0.39 is 0 Å². The smallest absolute Gasteiger partial charge is 0.247 e. The van der Waals surface area contributed by atoms with E-state index in [2.05, 4.69) is 4.99 Å². The second kappa shape index (κ2) is 7.33. The molecular weight excluding hydrogens is 282 g/mol. The highest BCUT2D eigenvalue weighted by Gasteiger charge is 2.34. The van der Waals surface area contributed by atoms with E-state index in [0.717, 1.165) is 39.4 Å². The molecule has 0 aliphatic carbocycles. The third-order valence-electron chi connectivity index (χ3n) is 3.31. The number of morpholine rings is 1. The van der Waals surface area contributed by atoms with Gasteiger partial charge in [0.25, 0.3) is 0 Å². The van der Waals surface area contributed by atoms with Gasteiger partial charge in [-0.1, -0.05) is 24.0 Å². The molecule has 0 saturated carbocycles. The van der Waals surface area contributed by atoms with Crippen molar-refractivity contribution in [2.45, 2.75) is 12.2 Å². The molecule has 19 heavy (non-hydrogen) atoms. The van der Waals surface area contributed by atoms with Crippen LogP contribution in [0.1, 0.15) is 6.92 Å². The average Bonchev–Trinajstić information content (AvgIpc) is 2.70. The van der Waals surface area contributed by atoms with Gasteiger partial charge in [0.1, 0.15) is 22.7 Å². The summed E-state index contributed by atoms with van der Waals surface area (Å²) in [5.41, 5.74) is 0. The Morgan fingerprint density at radius 1 is 1.58 bits per heavy atom. The van der Waals surface area contributed by atoms with Crippen molar-refractivity contribution >= 4 is 40.4 Å². The molecular formula is C12H20N3O2S2+. The fourth-order valence-electron chi connectivity index (χ4n) is 2.15. The van der Waals surface area contributed by atoms with Gasteiger partial charge >= 0.3 is 0 Å². The van der Waals surface area contributed by atoms with Crippen molar-refractivity contribution in [3.05, 3.63) is 0 Å². The number of nitrogens with zero attached hydrogens (tertiary/aromatic N) is 2. The van der Waals surface area contributed by atoms with Crippen molar-refractivity contribution in [2.24, 2.45) is 4.99 Å². The van der Waals surface area contributed by atoms with Crippen molar-refractivity contribution in [1.82, 2.24) is 4.90 Å². The largest absolute Gasteiger partial charge is 0.370 e. The summed E-state index contributed by atoms with van der Waals surface area (Å²) in [4.78, 5) is 19.5. The van der Waals surface area contributed by atoms with Crippen LogP contribution < -0.4 is 4.90 Å². The lowest BCUT2D eigenvalue weighted by Gasteiger charge is -2.22. The zero-order valence-corrected chi connectivity index (χ0v) is 12.8. The predicted octanol–water partition coefficient (Wildman–Crippen LogP) is -0.779. The molecule has 1 atom stereocenters. The average molecular weight is 302 g/mol. The summed E-state index contributed by atoms with van der Waals surface area (Å²) in [6.45, 7) is 8.15. The summed E-state index contributed by atoms with van der Waals surface area (Å²) < 4.78 is 5.98. The van der Waals surface area contributed by atoms with Crippen LogP contribution in [0.4, 0.5) is 0 Å². The summed E-state index contributed by atoms with van der Waals surface area (Å²) in [5, 5.41) is -0.216. The maximum absolute atomic E-state index is 11.9. The summed E-state index contributed by atoms with van der Waals surface area (Å²) >= 11 is 6.59. The molecule has 106 valence electrons. The number of thioether (sulfide) groups is 1. The number of nitrogens with one attached hydrogen (secondary N) is 1. The van der Waals surface area contributed by atoms with Gasteiger partial charge in [0.15, 0.2) is 0 Å². The lowest BCUT2D eigenvalue weighted by molar-refractivity contribution is -0.906. The van der Waals surface area contributed by atoms with Gasteiger partial charge in [-0.3, -0.25) is 14.7 Å². The predicted molar refractivity (Wildman–Crippen MR) is 81.1 cm³/mol. The molecule has 7 heteroatoms.